The van der Waals surface area contributed by atoms with Crippen LogP contribution in [0, 0.1) is 24.0 Å². The lowest BCUT2D eigenvalue weighted by molar-refractivity contribution is -0.384. The summed E-state index contributed by atoms with van der Waals surface area (Å²) in [5.41, 5.74) is 5.19. The molecule has 6 heteroatoms. The normalized spacial score (nSPS) is 14.4. The number of nitrogens with zero attached hydrogens (tertiary/aromatic N) is 2. The van der Waals surface area contributed by atoms with E-state index in [4.69, 9.17) is 4.74 Å². The molecular weight excluding hydrogens is 318 g/mol. The van der Waals surface area contributed by atoms with E-state index in [1.54, 1.807) is 6.07 Å². The molecule has 6 nitrogen and oxygen atoms in total. The number of nitro benzene ring substituents is 1. The molecule has 0 radical (unpaired) electrons. The van der Waals surface area contributed by atoms with Crippen molar-refractivity contribution in [1.29, 1.82) is 0 Å². The average Bonchev–Trinajstić information content (AvgIpc) is 2.63. The highest BCUT2D eigenvalue weighted by atomic mass is 16.6. The third-order valence-electron chi connectivity index (χ3n) is 4.68. The molecule has 1 N–H and O–H groups in total. The highest BCUT2D eigenvalue weighted by Crippen LogP contribution is 2.30. The Kier molecular flexibility index (Phi) is 5.19. The third kappa shape index (κ3) is 3.91. The Hall–Kier alpha value is -2.60. The number of rotatable bonds is 5. The van der Waals surface area contributed by atoms with E-state index in [2.05, 4.69) is 25.2 Å². The van der Waals surface area contributed by atoms with Gasteiger partial charge in [0.2, 0.25) is 0 Å². The molecule has 0 unspecified atom stereocenters. The van der Waals surface area contributed by atoms with Crippen LogP contribution in [0.4, 0.5) is 17.1 Å². The van der Waals surface area contributed by atoms with Crippen molar-refractivity contribution < 1.29 is 9.66 Å². The zero-order valence-corrected chi connectivity index (χ0v) is 14.6. The molecule has 1 aliphatic heterocycles. The lowest BCUT2D eigenvalue weighted by Gasteiger charge is -2.28. The monoisotopic (exact) mass is 341 g/mol. The predicted octanol–water partition coefficient (Wildman–Crippen LogP) is 3.66. The summed E-state index contributed by atoms with van der Waals surface area (Å²) in [6, 6.07) is 11.6. The minimum Gasteiger partial charge on any atom is -0.381 e. The van der Waals surface area contributed by atoms with E-state index in [0.29, 0.717) is 38.5 Å². The molecule has 2 aromatic rings. The van der Waals surface area contributed by atoms with Crippen LogP contribution in [0.25, 0.3) is 0 Å². The Morgan fingerprint density at radius 1 is 1.20 bits per heavy atom. The van der Waals surface area contributed by atoms with Crippen LogP contribution in [0.5, 0.6) is 0 Å². The zero-order valence-electron chi connectivity index (χ0n) is 14.6. The number of anilines is 2. The van der Waals surface area contributed by atoms with Crippen molar-refractivity contribution in [2.45, 2.75) is 20.4 Å². The summed E-state index contributed by atoms with van der Waals surface area (Å²) >= 11 is 0. The van der Waals surface area contributed by atoms with Crippen LogP contribution in [0.15, 0.2) is 36.4 Å². The van der Waals surface area contributed by atoms with E-state index in [1.165, 1.54) is 11.1 Å². The van der Waals surface area contributed by atoms with Gasteiger partial charge >= 0.3 is 0 Å². The number of morpholine rings is 1. The van der Waals surface area contributed by atoms with Crippen molar-refractivity contribution in [3.63, 3.8) is 0 Å². The van der Waals surface area contributed by atoms with Gasteiger partial charge in [-0.25, -0.2) is 0 Å². The molecule has 0 amide bonds. The maximum absolute atomic E-state index is 11.5. The largest absolute Gasteiger partial charge is 0.381 e. The first-order valence-corrected chi connectivity index (χ1v) is 8.46. The van der Waals surface area contributed by atoms with Gasteiger partial charge in [0.15, 0.2) is 0 Å². The van der Waals surface area contributed by atoms with Crippen molar-refractivity contribution in [3.05, 3.63) is 63.2 Å². The molecule has 0 spiro atoms. The highest BCUT2D eigenvalue weighted by molar-refractivity contribution is 5.65. The Bertz CT molecular complexity index is 771. The number of nitrogens with one attached hydrogen (secondary N) is 1. The van der Waals surface area contributed by atoms with Crippen LogP contribution < -0.4 is 10.2 Å². The summed E-state index contributed by atoms with van der Waals surface area (Å²) in [4.78, 5) is 13.2. The minimum absolute atomic E-state index is 0.155. The molecule has 25 heavy (non-hydrogen) atoms. The van der Waals surface area contributed by atoms with Gasteiger partial charge < -0.3 is 15.0 Å². The molecule has 0 saturated carbocycles. The summed E-state index contributed by atoms with van der Waals surface area (Å²) in [6.45, 7) is 7.26. The molecule has 2 aromatic carbocycles. The molecule has 0 atom stereocenters. The van der Waals surface area contributed by atoms with Crippen molar-refractivity contribution in [2.24, 2.45) is 0 Å². The van der Waals surface area contributed by atoms with Crippen LogP contribution >= 0.6 is 0 Å². The first-order chi connectivity index (χ1) is 12.1. The number of ether oxygens (including phenoxy) is 1. The fourth-order valence-corrected chi connectivity index (χ4v) is 3.04. The smallest absolute Gasteiger partial charge is 0.292 e. The Labute approximate surface area is 147 Å². The predicted molar refractivity (Wildman–Crippen MR) is 99.4 cm³/mol. The Morgan fingerprint density at radius 2 is 1.96 bits per heavy atom. The SMILES string of the molecule is Cc1cccc(NCc2ccc(N3CCOCC3)c([N+](=O)[O-])c2)c1C. The number of aryl methyl sites for hydroxylation is 1. The maximum Gasteiger partial charge on any atom is 0.292 e. The average molecular weight is 341 g/mol. The van der Waals surface area contributed by atoms with Crippen molar-refractivity contribution >= 4 is 17.1 Å². The standard InChI is InChI=1S/C19H23N3O3/c1-14-4-3-5-17(15(14)2)20-13-16-6-7-18(19(12-16)22(23)24)21-8-10-25-11-9-21/h3-7,12,20H,8-11,13H2,1-2H3. The van der Waals surface area contributed by atoms with Crippen LogP contribution in [-0.2, 0) is 11.3 Å². The topological polar surface area (TPSA) is 67.6 Å². The van der Waals surface area contributed by atoms with E-state index in [0.717, 1.165) is 11.3 Å². The molecular formula is C19H23N3O3. The summed E-state index contributed by atoms with van der Waals surface area (Å²) < 4.78 is 5.33. The molecule has 0 aromatic heterocycles. The second-order valence-electron chi connectivity index (χ2n) is 6.28. The van der Waals surface area contributed by atoms with Gasteiger partial charge in [-0.3, -0.25) is 10.1 Å². The van der Waals surface area contributed by atoms with Crippen LogP contribution in [0.2, 0.25) is 0 Å². The number of nitro groups is 1. The number of benzene rings is 2. The molecule has 0 bridgehead atoms. The maximum atomic E-state index is 11.5. The lowest BCUT2D eigenvalue weighted by atomic mass is 10.1. The second-order valence-corrected chi connectivity index (χ2v) is 6.28. The highest BCUT2D eigenvalue weighted by Gasteiger charge is 2.21. The van der Waals surface area contributed by atoms with Gasteiger partial charge in [0, 0.05) is 31.4 Å². The molecule has 132 valence electrons. The number of hydrogen-bond donors (Lipinski definition) is 1. The fourth-order valence-electron chi connectivity index (χ4n) is 3.04. The van der Waals surface area contributed by atoms with Crippen molar-refractivity contribution in [2.75, 3.05) is 36.5 Å². The third-order valence-corrected chi connectivity index (χ3v) is 4.68. The van der Waals surface area contributed by atoms with E-state index in [-0.39, 0.29) is 10.6 Å². The minimum atomic E-state index is -0.299. The summed E-state index contributed by atoms with van der Waals surface area (Å²) in [7, 11) is 0. The first kappa shape index (κ1) is 17.2. The summed E-state index contributed by atoms with van der Waals surface area (Å²) in [6.07, 6.45) is 0. The van der Waals surface area contributed by atoms with Crippen molar-refractivity contribution in [1.82, 2.24) is 0 Å². The van der Waals surface area contributed by atoms with Gasteiger partial charge in [0.1, 0.15) is 5.69 Å². The Balaban J connectivity index is 1.79. The zero-order chi connectivity index (χ0) is 17.8. The van der Waals surface area contributed by atoms with E-state index in [1.807, 2.05) is 29.2 Å². The molecule has 1 saturated heterocycles. The summed E-state index contributed by atoms with van der Waals surface area (Å²) in [5.74, 6) is 0. The first-order valence-electron chi connectivity index (χ1n) is 8.46. The van der Waals surface area contributed by atoms with Crippen molar-refractivity contribution in [3.8, 4) is 0 Å². The van der Waals surface area contributed by atoms with Crippen LogP contribution in [-0.4, -0.2) is 31.2 Å². The molecule has 1 fully saturated rings. The fraction of sp³-hybridized carbons (Fsp3) is 0.368. The van der Waals surface area contributed by atoms with Gasteiger partial charge in [0.05, 0.1) is 18.1 Å². The van der Waals surface area contributed by atoms with Crippen LogP contribution in [0.1, 0.15) is 16.7 Å². The lowest BCUT2D eigenvalue weighted by Crippen LogP contribution is -2.36. The molecule has 0 aliphatic carbocycles. The van der Waals surface area contributed by atoms with Gasteiger partial charge in [-0.05, 0) is 42.7 Å². The van der Waals surface area contributed by atoms with Gasteiger partial charge in [-0.2, -0.15) is 0 Å². The second kappa shape index (κ2) is 7.53. The van der Waals surface area contributed by atoms with Crippen LogP contribution in [0.3, 0.4) is 0 Å². The van der Waals surface area contributed by atoms with E-state index in [9.17, 15) is 10.1 Å². The Morgan fingerprint density at radius 3 is 2.68 bits per heavy atom. The van der Waals surface area contributed by atoms with E-state index >= 15 is 0 Å². The molecule has 1 heterocycles. The summed E-state index contributed by atoms with van der Waals surface area (Å²) in [5, 5.41) is 14.9. The molecule has 1 aliphatic rings. The number of hydrogen-bond acceptors (Lipinski definition) is 5. The van der Waals surface area contributed by atoms with Gasteiger partial charge in [0.25, 0.3) is 5.69 Å². The van der Waals surface area contributed by atoms with Gasteiger partial charge in [-0.1, -0.05) is 18.2 Å². The van der Waals surface area contributed by atoms with E-state index < -0.39 is 0 Å². The molecule has 3 rings (SSSR count). The quantitative estimate of drug-likeness (QED) is 0.664. The van der Waals surface area contributed by atoms with Gasteiger partial charge in [-0.15, -0.1) is 0 Å².